The molecule has 1 N–H and O–H groups in total. The van der Waals surface area contributed by atoms with Crippen LogP contribution < -0.4 is 10.1 Å². The molecule has 1 heterocycles. The van der Waals surface area contributed by atoms with Gasteiger partial charge < -0.3 is 15.0 Å². The normalized spacial score (nSPS) is 23.6. The molecule has 3 heteroatoms. The maximum Gasteiger partial charge on any atom is 0.119 e. The molecule has 0 aliphatic carbocycles. The zero-order valence-electron chi connectivity index (χ0n) is 12.4. The summed E-state index contributed by atoms with van der Waals surface area (Å²) in [6.45, 7) is 4.97. The Balaban J connectivity index is 1.97. The number of piperidine rings is 1. The van der Waals surface area contributed by atoms with Crippen LogP contribution in [0.4, 0.5) is 0 Å². The van der Waals surface area contributed by atoms with E-state index in [9.17, 15) is 0 Å². The second-order valence-corrected chi connectivity index (χ2v) is 6.00. The fourth-order valence-electron chi connectivity index (χ4n) is 2.80. The van der Waals surface area contributed by atoms with Crippen molar-refractivity contribution in [3.63, 3.8) is 0 Å². The fourth-order valence-corrected chi connectivity index (χ4v) is 2.80. The summed E-state index contributed by atoms with van der Waals surface area (Å²) in [5.74, 6) is 0.969. The molecular formula is C16H26N2O. The molecule has 3 nitrogen and oxygen atoms in total. The van der Waals surface area contributed by atoms with Gasteiger partial charge in [-0.25, -0.2) is 0 Å². The van der Waals surface area contributed by atoms with E-state index in [1.165, 1.54) is 24.8 Å². The molecule has 2 rings (SSSR count). The van der Waals surface area contributed by atoms with Crippen LogP contribution in [-0.4, -0.2) is 44.2 Å². The van der Waals surface area contributed by atoms with Crippen LogP contribution in [0.1, 0.15) is 24.8 Å². The topological polar surface area (TPSA) is 24.5 Å². The summed E-state index contributed by atoms with van der Waals surface area (Å²) in [6.07, 6.45) is 3.76. The molecule has 1 fully saturated rings. The maximum absolute atomic E-state index is 6.02. The Hall–Kier alpha value is -1.06. The van der Waals surface area contributed by atoms with E-state index in [1.807, 2.05) is 0 Å². The Kier molecular flexibility index (Phi) is 4.83. The van der Waals surface area contributed by atoms with Gasteiger partial charge in [-0.2, -0.15) is 0 Å². The zero-order valence-corrected chi connectivity index (χ0v) is 12.4. The van der Waals surface area contributed by atoms with Crippen LogP contribution in [0, 0.1) is 6.92 Å². The van der Waals surface area contributed by atoms with E-state index in [0.29, 0.717) is 0 Å². The summed E-state index contributed by atoms with van der Waals surface area (Å²) >= 11 is 0. The van der Waals surface area contributed by atoms with Gasteiger partial charge in [0, 0.05) is 6.54 Å². The van der Waals surface area contributed by atoms with E-state index >= 15 is 0 Å². The smallest absolute Gasteiger partial charge is 0.119 e. The molecule has 0 amide bonds. The minimum Gasteiger partial charge on any atom is -0.492 e. The van der Waals surface area contributed by atoms with Gasteiger partial charge in [-0.05, 0) is 52.5 Å². The molecule has 1 aliphatic heterocycles. The zero-order chi connectivity index (χ0) is 13.7. The van der Waals surface area contributed by atoms with Crippen LogP contribution in [0.15, 0.2) is 24.3 Å². The van der Waals surface area contributed by atoms with E-state index in [1.54, 1.807) is 0 Å². The third kappa shape index (κ3) is 4.22. The Morgan fingerprint density at radius 2 is 1.95 bits per heavy atom. The van der Waals surface area contributed by atoms with Crippen molar-refractivity contribution < 1.29 is 4.74 Å². The van der Waals surface area contributed by atoms with Gasteiger partial charge in [0.05, 0.1) is 5.54 Å². The van der Waals surface area contributed by atoms with Gasteiger partial charge in [0.25, 0.3) is 0 Å². The van der Waals surface area contributed by atoms with Crippen LogP contribution in [0.3, 0.4) is 0 Å². The van der Waals surface area contributed by atoms with Gasteiger partial charge in [-0.1, -0.05) is 24.1 Å². The molecule has 106 valence electrons. The second kappa shape index (κ2) is 6.40. The van der Waals surface area contributed by atoms with Crippen molar-refractivity contribution >= 4 is 0 Å². The highest BCUT2D eigenvalue weighted by Gasteiger charge is 2.33. The first-order valence-corrected chi connectivity index (χ1v) is 7.19. The third-order valence-corrected chi connectivity index (χ3v) is 3.74. The molecule has 1 unspecified atom stereocenters. The van der Waals surface area contributed by atoms with Crippen molar-refractivity contribution in [1.82, 2.24) is 10.2 Å². The van der Waals surface area contributed by atoms with Gasteiger partial charge in [-0.15, -0.1) is 0 Å². The number of likely N-dealkylation sites (N-methyl/N-ethyl adjacent to an activating group) is 1. The van der Waals surface area contributed by atoms with E-state index in [0.717, 1.165) is 25.4 Å². The number of ether oxygens (including phenoxy) is 1. The van der Waals surface area contributed by atoms with Crippen LogP contribution in [0.25, 0.3) is 0 Å². The molecule has 1 aliphatic rings. The van der Waals surface area contributed by atoms with E-state index in [4.69, 9.17) is 4.74 Å². The molecular weight excluding hydrogens is 236 g/mol. The van der Waals surface area contributed by atoms with Crippen LogP contribution in [-0.2, 0) is 0 Å². The Morgan fingerprint density at radius 3 is 2.53 bits per heavy atom. The average Bonchev–Trinajstić information content (AvgIpc) is 2.38. The van der Waals surface area contributed by atoms with Crippen molar-refractivity contribution in [1.29, 1.82) is 0 Å². The molecule has 0 bridgehead atoms. The van der Waals surface area contributed by atoms with Gasteiger partial charge in [-0.3, -0.25) is 0 Å². The molecule has 0 spiro atoms. The first-order valence-electron chi connectivity index (χ1n) is 7.19. The van der Waals surface area contributed by atoms with E-state index < -0.39 is 0 Å². The number of aryl methyl sites for hydroxylation is 1. The lowest BCUT2D eigenvalue weighted by Gasteiger charge is -2.40. The van der Waals surface area contributed by atoms with Crippen LogP contribution >= 0.6 is 0 Å². The number of nitrogens with one attached hydrogen (secondary N) is 1. The molecule has 1 atom stereocenters. The van der Waals surface area contributed by atoms with Crippen molar-refractivity contribution in [2.24, 2.45) is 0 Å². The molecule has 0 aromatic heterocycles. The minimum absolute atomic E-state index is 0.104. The number of nitrogens with zero attached hydrogens (tertiary/aromatic N) is 1. The van der Waals surface area contributed by atoms with Crippen molar-refractivity contribution in [2.75, 3.05) is 33.8 Å². The predicted octanol–water partition coefficient (Wildman–Crippen LogP) is 2.45. The lowest BCUT2D eigenvalue weighted by molar-refractivity contribution is 0.116. The van der Waals surface area contributed by atoms with Crippen LogP contribution in [0.2, 0.25) is 0 Å². The van der Waals surface area contributed by atoms with Crippen molar-refractivity contribution in [3.05, 3.63) is 29.8 Å². The van der Waals surface area contributed by atoms with Gasteiger partial charge >= 0.3 is 0 Å². The molecule has 19 heavy (non-hydrogen) atoms. The number of benzene rings is 1. The number of hydrogen-bond acceptors (Lipinski definition) is 3. The van der Waals surface area contributed by atoms with Gasteiger partial charge in [0.15, 0.2) is 0 Å². The highest BCUT2D eigenvalue weighted by molar-refractivity contribution is 5.26. The van der Waals surface area contributed by atoms with Gasteiger partial charge in [0.2, 0.25) is 0 Å². The molecule has 1 aromatic rings. The van der Waals surface area contributed by atoms with E-state index in [-0.39, 0.29) is 5.54 Å². The third-order valence-electron chi connectivity index (χ3n) is 3.74. The quantitative estimate of drug-likeness (QED) is 0.882. The molecule has 0 saturated carbocycles. The van der Waals surface area contributed by atoms with Crippen molar-refractivity contribution in [2.45, 2.75) is 31.7 Å². The largest absolute Gasteiger partial charge is 0.492 e. The predicted molar refractivity (Wildman–Crippen MR) is 79.8 cm³/mol. The molecule has 1 saturated heterocycles. The lowest BCUT2D eigenvalue weighted by Crippen LogP contribution is -2.58. The molecule has 1 aromatic carbocycles. The summed E-state index contributed by atoms with van der Waals surface area (Å²) in [4.78, 5) is 2.25. The SMILES string of the molecule is Cc1ccc(OCC2(CN(C)C)CCCCN2)cc1. The fraction of sp³-hybridized carbons (Fsp3) is 0.625. The summed E-state index contributed by atoms with van der Waals surface area (Å²) < 4.78 is 6.02. The maximum atomic E-state index is 6.02. The second-order valence-electron chi connectivity index (χ2n) is 6.00. The summed E-state index contributed by atoms with van der Waals surface area (Å²) in [5.41, 5.74) is 1.37. The summed E-state index contributed by atoms with van der Waals surface area (Å²) in [7, 11) is 4.26. The highest BCUT2D eigenvalue weighted by atomic mass is 16.5. The van der Waals surface area contributed by atoms with Crippen molar-refractivity contribution in [3.8, 4) is 5.75 Å². The van der Waals surface area contributed by atoms with Crippen LogP contribution in [0.5, 0.6) is 5.75 Å². The monoisotopic (exact) mass is 262 g/mol. The van der Waals surface area contributed by atoms with Gasteiger partial charge in [0.1, 0.15) is 12.4 Å². The molecule has 0 radical (unpaired) electrons. The first kappa shape index (κ1) is 14.4. The average molecular weight is 262 g/mol. The minimum atomic E-state index is 0.104. The number of hydrogen-bond donors (Lipinski definition) is 1. The standard InChI is InChI=1S/C16H26N2O/c1-14-6-8-15(9-7-14)19-13-16(12-18(2)3)10-4-5-11-17-16/h6-9,17H,4-5,10-13H2,1-3H3. The lowest BCUT2D eigenvalue weighted by atomic mass is 9.89. The Labute approximate surface area is 116 Å². The first-order chi connectivity index (χ1) is 9.10. The number of rotatable bonds is 5. The summed E-state index contributed by atoms with van der Waals surface area (Å²) in [5, 5.41) is 3.68. The summed E-state index contributed by atoms with van der Waals surface area (Å²) in [6, 6.07) is 8.31. The van der Waals surface area contributed by atoms with E-state index in [2.05, 4.69) is 55.5 Å². The highest BCUT2D eigenvalue weighted by Crippen LogP contribution is 2.22. The Bertz CT molecular complexity index is 380. The Morgan fingerprint density at radius 1 is 1.21 bits per heavy atom.